The maximum Gasteiger partial charge on any atom is 0.236 e. The topological polar surface area (TPSA) is 76.5 Å². The van der Waals surface area contributed by atoms with Crippen LogP contribution in [0.4, 0.5) is 0 Å². The first kappa shape index (κ1) is 21.5. The van der Waals surface area contributed by atoms with E-state index in [1.54, 1.807) is 6.07 Å². The Kier molecular flexibility index (Phi) is 4.63. The number of aliphatic hydroxyl groups is 1. The van der Waals surface area contributed by atoms with Crippen LogP contribution in [-0.4, -0.2) is 93.9 Å². The van der Waals surface area contributed by atoms with Gasteiger partial charge in [-0.05, 0) is 82.5 Å². The van der Waals surface area contributed by atoms with Crippen molar-refractivity contribution in [3.8, 4) is 11.5 Å². The van der Waals surface area contributed by atoms with Crippen molar-refractivity contribution in [2.24, 2.45) is 5.92 Å². The third-order valence-electron chi connectivity index (χ3n) is 10.2. The van der Waals surface area contributed by atoms with Crippen LogP contribution < -0.4 is 4.74 Å². The lowest BCUT2D eigenvalue weighted by Gasteiger charge is -2.60. The Morgan fingerprint density at radius 2 is 2.00 bits per heavy atom. The molecule has 1 spiro atoms. The van der Waals surface area contributed by atoms with Crippen molar-refractivity contribution >= 4 is 5.91 Å². The number of phenolic OH excluding ortho intramolecular Hbond substituents is 1. The zero-order chi connectivity index (χ0) is 23.2. The first-order valence-electron chi connectivity index (χ1n) is 13.4. The molecule has 0 unspecified atom stereocenters. The number of aromatic hydroxyl groups is 1. The van der Waals surface area contributed by atoms with Crippen molar-refractivity contribution in [1.29, 1.82) is 0 Å². The van der Waals surface area contributed by atoms with Crippen LogP contribution in [0, 0.1) is 5.92 Å². The van der Waals surface area contributed by atoms with E-state index < -0.39 is 11.0 Å². The van der Waals surface area contributed by atoms with Crippen LogP contribution in [-0.2, 0) is 16.6 Å². The standard InChI is InChI=1S/C27H37N3O4/c1-17-3-2-10-28(17)16-23(32)30-12-9-27(33)21-13-19-6-7-20(31)25-24(19)26(27,22(15-30)34-25)8-11-29(21)14-18-4-5-18/h6-7,17-18,21-22,31,33H,2-5,8-16H2,1H3/t17-,21-,22+,26-,27-/m1/s1. The smallest absolute Gasteiger partial charge is 0.236 e. The molecular weight excluding hydrogens is 430 g/mol. The van der Waals surface area contributed by atoms with E-state index in [0.717, 1.165) is 56.8 Å². The number of nitrogens with zero attached hydrogens (tertiary/aromatic N) is 3. The van der Waals surface area contributed by atoms with Crippen LogP contribution in [0.25, 0.3) is 0 Å². The van der Waals surface area contributed by atoms with Gasteiger partial charge in [0, 0.05) is 30.7 Å². The molecule has 5 atom stereocenters. The quantitative estimate of drug-likeness (QED) is 0.704. The van der Waals surface area contributed by atoms with Gasteiger partial charge in [-0.2, -0.15) is 0 Å². The molecule has 0 radical (unpaired) electrons. The molecule has 2 aliphatic carbocycles. The van der Waals surface area contributed by atoms with Gasteiger partial charge in [0.05, 0.1) is 24.1 Å². The van der Waals surface area contributed by atoms with Crippen molar-refractivity contribution in [3.05, 3.63) is 23.3 Å². The number of amides is 1. The van der Waals surface area contributed by atoms with E-state index in [9.17, 15) is 15.0 Å². The average molecular weight is 468 g/mol. The van der Waals surface area contributed by atoms with Crippen LogP contribution in [0.15, 0.2) is 12.1 Å². The molecule has 34 heavy (non-hydrogen) atoms. The molecule has 2 N–H and O–H groups in total. The Bertz CT molecular complexity index is 1030. The highest BCUT2D eigenvalue weighted by atomic mass is 16.5. The molecule has 7 nitrogen and oxygen atoms in total. The predicted octanol–water partition coefficient (Wildman–Crippen LogP) is 1.88. The van der Waals surface area contributed by atoms with Gasteiger partial charge in [0.25, 0.3) is 0 Å². The van der Waals surface area contributed by atoms with Gasteiger partial charge in [0.2, 0.25) is 5.91 Å². The second kappa shape index (κ2) is 7.34. The van der Waals surface area contributed by atoms with E-state index in [-0.39, 0.29) is 23.8 Å². The van der Waals surface area contributed by atoms with Crippen molar-refractivity contribution in [2.75, 3.05) is 39.3 Å². The molecule has 7 heteroatoms. The Morgan fingerprint density at radius 1 is 1.15 bits per heavy atom. The van der Waals surface area contributed by atoms with Crippen LogP contribution >= 0.6 is 0 Å². The lowest BCUT2D eigenvalue weighted by Crippen LogP contribution is -2.74. The molecule has 1 amide bonds. The van der Waals surface area contributed by atoms with E-state index >= 15 is 0 Å². The van der Waals surface area contributed by atoms with E-state index in [2.05, 4.69) is 16.7 Å². The molecule has 4 aliphatic heterocycles. The summed E-state index contributed by atoms with van der Waals surface area (Å²) in [4.78, 5) is 20.3. The van der Waals surface area contributed by atoms with Gasteiger partial charge >= 0.3 is 0 Å². The minimum absolute atomic E-state index is 0.0320. The summed E-state index contributed by atoms with van der Waals surface area (Å²) in [5, 5.41) is 23.4. The van der Waals surface area contributed by atoms with Gasteiger partial charge in [0.1, 0.15) is 6.10 Å². The van der Waals surface area contributed by atoms with Crippen LogP contribution in [0.1, 0.15) is 56.6 Å². The molecule has 1 aromatic rings. The van der Waals surface area contributed by atoms with Gasteiger partial charge in [-0.25, -0.2) is 0 Å². The number of ether oxygens (including phenoxy) is 1. The molecule has 4 heterocycles. The molecule has 7 rings (SSSR count). The van der Waals surface area contributed by atoms with Crippen molar-refractivity contribution < 1.29 is 19.7 Å². The zero-order valence-corrected chi connectivity index (χ0v) is 20.2. The Balaban J connectivity index is 1.27. The lowest BCUT2D eigenvalue weighted by molar-refractivity contribution is -0.162. The Morgan fingerprint density at radius 3 is 2.76 bits per heavy atom. The summed E-state index contributed by atoms with van der Waals surface area (Å²) >= 11 is 0. The van der Waals surface area contributed by atoms with Gasteiger partial charge in [0.15, 0.2) is 11.5 Å². The Labute approximate surface area is 201 Å². The third kappa shape index (κ3) is 2.83. The Hall–Kier alpha value is -1.83. The maximum absolute atomic E-state index is 13.5. The molecule has 1 saturated carbocycles. The number of phenols is 1. The van der Waals surface area contributed by atoms with E-state index in [1.807, 2.05) is 11.0 Å². The highest BCUT2D eigenvalue weighted by Crippen LogP contribution is 2.63. The van der Waals surface area contributed by atoms with Crippen molar-refractivity contribution in [1.82, 2.24) is 14.7 Å². The van der Waals surface area contributed by atoms with E-state index in [1.165, 1.54) is 18.4 Å². The fourth-order valence-corrected chi connectivity index (χ4v) is 8.13. The summed E-state index contributed by atoms with van der Waals surface area (Å²) in [6, 6.07) is 4.27. The molecule has 0 aromatic heterocycles. The van der Waals surface area contributed by atoms with E-state index in [4.69, 9.17) is 4.74 Å². The average Bonchev–Trinajstić information content (AvgIpc) is 3.47. The summed E-state index contributed by atoms with van der Waals surface area (Å²) in [6.45, 7) is 6.68. The lowest BCUT2D eigenvalue weighted by atomic mass is 9.52. The number of piperidine rings is 1. The number of benzene rings is 1. The van der Waals surface area contributed by atoms with Gasteiger partial charge < -0.3 is 19.8 Å². The summed E-state index contributed by atoms with van der Waals surface area (Å²) in [6.07, 6.45) is 6.72. The van der Waals surface area contributed by atoms with E-state index in [0.29, 0.717) is 37.8 Å². The second-order valence-electron chi connectivity index (χ2n) is 11.9. The SMILES string of the molecule is C[C@@H]1CCCN1CC(=O)N1CC[C@@]2(O)[C@H]3Cc4ccc(O)c5c4[C@@]2(CCN3CC2CC2)[C@H](C1)O5. The van der Waals surface area contributed by atoms with Gasteiger partial charge in [-0.15, -0.1) is 0 Å². The minimum Gasteiger partial charge on any atom is -0.504 e. The molecule has 1 aromatic carbocycles. The number of rotatable bonds is 4. The molecule has 184 valence electrons. The van der Waals surface area contributed by atoms with Crippen molar-refractivity contribution in [3.63, 3.8) is 0 Å². The minimum atomic E-state index is -0.965. The highest BCUT2D eigenvalue weighted by Gasteiger charge is 2.71. The summed E-state index contributed by atoms with van der Waals surface area (Å²) in [7, 11) is 0. The summed E-state index contributed by atoms with van der Waals surface area (Å²) < 4.78 is 6.52. The first-order chi connectivity index (χ1) is 16.4. The molecule has 2 bridgehead atoms. The number of carbonyl (C=O) groups is 1. The fourth-order valence-electron chi connectivity index (χ4n) is 8.13. The highest BCUT2D eigenvalue weighted by molar-refractivity contribution is 5.78. The maximum atomic E-state index is 13.5. The summed E-state index contributed by atoms with van der Waals surface area (Å²) in [5.74, 6) is 1.61. The fraction of sp³-hybridized carbons (Fsp3) is 0.741. The van der Waals surface area contributed by atoms with Gasteiger partial charge in [-0.1, -0.05) is 6.07 Å². The monoisotopic (exact) mass is 467 g/mol. The molecular formula is C27H37N3O4. The number of hydrogen-bond donors (Lipinski definition) is 2. The molecule has 4 fully saturated rings. The summed E-state index contributed by atoms with van der Waals surface area (Å²) in [5.41, 5.74) is 0.711. The number of likely N-dealkylation sites (tertiary alicyclic amines) is 3. The van der Waals surface area contributed by atoms with Crippen molar-refractivity contribution in [2.45, 2.75) is 81.1 Å². The predicted molar refractivity (Wildman–Crippen MR) is 127 cm³/mol. The zero-order valence-electron chi connectivity index (χ0n) is 20.2. The van der Waals surface area contributed by atoms with Crippen LogP contribution in [0.5, 0.6) is 11.5 Å². The van der Waals surface area contributed by atoms with Gasteiger partial charge in [-0.3, -0.25) is 14.6 Å². The first-order valence-corrected chi connectivity index (χ1v) is 13.4. The van der Waals surface area contributed by atoms with Crippen LogP contribution in [0.2, 0.25) is 0 Å². The molecule has 3 saturated heterocycles. The molecule has 6 aliphatic rings. The number of hydrogen-bond acceptors (Lipinski definition) is 6. The largest absolute Gasteiger partial charge is 0.504 e. The van der Waals surface area contributed by atoms with Crippen LogP contribution in [0.3, 0.4) is 0 Å². The number of carbonyl (C=O) groups excluding carboxylic acids is 1. The second-order valence-corrected chi connectivity index (χ2v) is 11.9. The normalized spacial score (nSPS) is 39.0. The third-order valence-corrected chi connectivity index (χ3v) is 10.2.